The molecule has 0 amide bonds. The zero-order valence-electron chi connectivity index (χ0n) is 11.4. The van der Waals surface area contributed by atoms with Crippen molar-refractivity contribution in [1.29, 1.82) is 0 Å². The highest BCUT2D eigenvalue weighted by Gasteiger charge is 2.22. The summed E-state index contributed by atoms with van der Waals surface area (Å²) >= 11 is 0. The number of nitrogens with zero attached hydrogens (tertiary/aromatic N) is 2. The van der Waals surface area contributed by atoms with E-state index in [4.69, 9.17) is 5.11 Å². The Morgan fingerprint density at radius 2 is 1.61 bits per heavy atom. The molecule has 0 bridgehead atoms. The fourth-order valence-corrected chi connectivity index (χ4v) is 3.34. The summed E-state index contributed by atoms with van der Waals surface area (Å²) in [5.74, 6) is 0.774. The largest absolute Gasteiger partial charge is 0.395 e. The van der Waals surface area contributed by atoms with Crippen LogP contribution in [0.5, 0.6) is 0 Å². The van der Waals surface area contributed by atoms with E-state index in [1.54, 1.807) is 0 Å². The lowest BCUT2D eigenvalue weighted by Crippen LogP contribution is -2.49. The van der Waals surface area contributed by atoms with Gasteiger partial charge in [-0.15, -0.1) is 0 Å². The van der Waals surface area contributed by atoms with Crippen LogP contribution in [0.3, 0.4) is 0 Å². The third-order valence-electron chi connectivity index (χ3n) is 4.43. The Labute approximate surface area is 111 Å². The van der Waals surface area contributed by atoms with Gasteiger partial charge in [0.25, 0.3) is 0 Å². The summed E-state index contributed by atoms with van der Waals surface area (Å²) in [5, 5.41) is 19.0. The molecule has 2 fully saturated rings. The molecule has 0 aromatic carbocycles. The number of hydrogen-bond donors (Lipinski definition) is 2. The van der Waals surface area contributed by atoms with E-state index in [0.29, 0.717) is 0 Å². The van der Waals surface area contributed by atoms with Crippen LogP contribution in [0.2, 0.25) is 0 Å². The predicted octanol–water partition coefficient (Wildman–Crippen LogP) is 0.537. The van der Waals surface area contributed by atoms with Crippen molar-refractivity contribution in [1.82, 2.24) is 9.80 Å². The molecule has 106 valence electrons. The van der Waals surface area contributed by atoms with E-state index < -0.39 is 0 Å². The topological polar surface area (TPSA) is 46.9 Å². The number of hydrogen-bond acceptors (Lipinski definition) is 4. The van der Waals surface area contributed by atoms with Crippen LogP contribution in [-0.4, -0.2) is 72.0 Å². The molecule has 18 heavy (non-hydrogen) atoms. The van der Waals surface area contributed by atoms with Gasteiger partial charge in [0.15, 0.2) is 0 Å². The lowest BCUT2D eigenvalue weighted by Gasteiger charge is -2.35. The zero-order valence-corrected chi connectivity index (χ0v) is 11.4. The first-order chi connectivity index (χ1) is 8.78. The molecule has 0 aromatic rings. The van der Waals surface area contributed by atoms with Gasteiger partial charge in [-0.1, -0.05) is 25.7 Å². The Hall–Kier alpha value is -0.160. The van der Waals surface area contributed by atoms with Gasteiger partial charge in [-0.25, -0.2) is 0 Å². The predicted molar refractivity (Wildman–Crippen MR) is 72.5 cm³/mol. The molecule has 1 heterocycles. The Morgan fingerprint density at radius 3 is 2.22 bits per heavy atom. The second kappa shape index (κ2) is 7.43. The van der Waals surface area contributed by atoms with Gasteiger partial charge in [-0.2, -0.15) is 0 Å². The maximum Gasteiger partial charge on any atom is 0.0669 e. The molecule has 4 heteroatoms. The van der Waals surface area contributed by atoms with Gasteiger partial charge in [0.1, 0.15) is 0 Å². The number of rotatable bonds is 6. The van der Waals surface area contributed by atoms with E-state index in [2.05, 4.69) is 9.80 Å². The maximum atomic E-state index is 10.1. The fraction of sp³-hybridized carbons (Fsp3) is 1.00. The van der Waals surface area contributed by atoms with E-state index in [1.807, 2.05) is 0 Å². The Balaban J connectivity index is 1.61. The van der Waals surface area contributed by atoms with Gasteiger partial charge in [-0.05, 0) is 12.3 Å². The minimum absolute atomic E-state index is 0.141. The molecule has 2 aliphatic rings. The molecule has 0 spiro atoms. The first-order valence-corrected chi connectivity index (χ1v) is 7.51. The molecule has 0 aromatic heterocycles. The number of piperazine rings is 1. The van der Waals surface area contributed by atoms with Crippen LogP contribution in [0.4, 0.5) is 0 Å². The van der Waals surface area contributed by atoms with Crippen LogP contribution in [0, 0.1) is 5.92 Å². The second-order valence-corrected chi connectivity index (χ2v) is 5.91. The van der Waals surface area contributed by atoms with E-state index in [0.717, 1.165) is 51.6 Å². The highest BCUT2D eigenvalue weighted by Crippen LogP contribution is 2.28. The van der Waals surface area contributed by atoms with Gasteiger partial charge < -0.3 is 10.2 Å². The normalized spacial score (nSPS) is 25.7. The first kappa shape index (κ1) is 14.3. The summed E-state index contributed by atoms with van der Waals surface area (Å²) in [6.45, 7) is 5.99. The van der Waals surface area contributed by atoms with Crippen LogP contribution in [-0.2, 0) is 0 Å². The van der Waals surface area contributed by atoms with Gasteiger partial charge in [0.2, 0.25) is 0 Å². The summed E-state index contributed by atoms with van der Waals surface area (Å²) in [4.78, 5) is 4.66. The SMILES string of the molecule is OCCN1CCN(CC(O)CC2CCCC2)CC1. The lowest BCUT2D eigenvalue weighted by atomic mass is 10.00. The number of β-amino-alcohol motifs (C(OH)–C–C–N with tert-alkyl or cyclic N) is 2. The lowest BCUT2D eigenvalue weighted by molar-refractivity contribution is 0.0557. The highest BCUT2D eigenvalue weighted by molar-refractivity contribution is 4.77. The minimum atomic E-state index is -0.141. The van der Waals surface area contributed by atoms with Crippen molar-refractivity contribution in [3.63, 3.8) is 0 Å². The van der Waals surface area contributed by atoms with Crippen molar-refractivity contribution >= 4 is 0 Å². The molecular weight excluding hydrogens is 228 g/mol. The minimum Gasteiger partial charge on any atom is -0.395 e. The fourth-order valence-electron chi connectivity index (χ4n) is 3.34. The second-order valence-electron chi connectivity index (χ2n) is 5.91. The van der Waals surface area contributed by atoms with E-state index in [-0.39, 0.29) is 12.7 Å². The standard InChI is InChI=1S/C14H28N2O2/c17-10-9-15-5-7-16(8-6-15)12-14(18)11-13-3-1-2-4-13/h13-14,17-18H,1-12H2. The van der Waals surface area contributed by atoms with E-state index >= 15 is 0 Å². The molecule has 0 radical (unpaired) electrons. The monoisotopic (exact) mass is 256 g/mol. The van der Waals surface area contributed by atoms with Gasteiger partial charge >= 0.3 is 0 Å². The van der Waals surface area contributed by atoms with E-state index in [9.17, 15) is 5.11 Å². The van der Waals surface area contributed by atoms with Crippen molar-refractivity contribution in [3.05, 3.63) is 0 Å². The molecule has 2 N–H and O–H groups in total. The Bertz CT molecular complexity index is 224. The third-order valence-corrected chi connectivity index (χ3v) is 4.43. The quantitative estimate of drug-likeness (QED) is 0.728. The summed E-state index contributed by atoms with van der Waals surface area (Å²) in [6.07, 6.45) is 6.21. The molecule has 1 aliphatic heterocycles. The van der Waals surface area contributed by atoms with Gasteiger partial charge in [0, 0.05) is 39.3 Å². The van der Waals surface area contributed by atoms with Gasteiger partial charge in [-0.3, -0.25) is 9.80 Å². The summed E-state index contributed by atoms with van der Waals surface area (Å²) in [7, 11) is 0. The van der Waals surface area contributed by atoms with Crippen LogP contribution >= 0.6 is 0 Å². The average Bonchev–Trinajstić information content (AvgIpc) is 2.84. The Kier molecular flexibility index (Phi) is 5.89. The molecular formula is C14H28N2O2. The van der Waals surface area contributed by atoms with Crippen molar-refractivity contribution in [2.45, 2.75) is 38.2 Å². The van der Waals surface area contributed by atoms with Crippen molar-refractivity contribution < 1.29 is 10.2 Å². The van der Waals surface area contributed by atoms with Crippen molar-refractivity contribution in [2.75, 3.05) is 45.9 Å². The van der Waals surface area contributed by atoms with Crippen LogP contribution in [0.15, 0.2) is 0 Å². The molecule has 2 rings (SSSR count). The molecule has 4 nitrogen and oxygen atoms in total. The van der Waals surface area contributed by atoms with E-state index in [1.165, 1.54) is 25.7 Å². The third kappa shape index (κ3) is 4.50. The average molecular weight is 256 g/mol. The van der Waals surface area contributed by atoms with Gasteiger partial charge in [0.05, 0.1) is 12.7 Å². The summed E-state index contributed by atoms with van der Waals surface area (Å²) in [6, 6.07) is 0. The highest BCUT2D eigenvalue weighted by atomic mass is 16.3. The Morgan fingerprint density at radius 1 is 1.00 bits per heavy atom. The summed E-state index contributed by atoms with van der Waals surface area (Å²) in [5.41, 5.74) is 0. The van der Waals surface area contributed by atoms with Crippen LogP contribution in [0.1, 0.15) is 32.1 Å². The molecule has 1 atom stereocenters. The molecule has 1 saturated carbocycles. The zero-order chi connectivity index (χ0) is 12.8. The molecule has 1 unspecified atom stereocenters. The van der Waals surface area contributed by atoms with Crippen molar-refractivity contribution in [2.24, 2.45) is 5.92 Å². The van der Waals surface area contributed by atoms with Crippen LogP contribution in [0.25, 0.3) is 0 Å². The molecule has 1 saturated heterocycles. The number of aliphatic hydroxyl groups is 2. The maximum absolute atomic E-state index is 10.1. The number of aliphatic hydroxyl groups excluding tert-OH is 2. The van der Waals surface area contributed by atoms with Crippen molar-refractivity contribution in [3.8, 4) is 0 Å². The summed E-state index contributed by atoms with van der Waals surface area (Å²) < 4.78 is 0. The smallest absolute Gasteiger partial charge is 0.0669 e. The van der Waals surface area contributed by atoms with Crippen LogP contribution < -0.4 is 0 Å². The first-order valence-electron chi connectivity index (χ1n) is 7.51. The molecule has 1 aliphatic carbocycles.